The number of aromatic amines is 1. The van der Waals surface area contributed by atoms with Crippen LogP contribution in [0.25, 0.3) is 10.9 Å². The van der Waals surface area contributed by atoms with E-state index in [-0.39, 0.29) is 5.96 Å². The second-order valence-corrected chi connectivity index (χ2v) is 6.35. The molecular weight excluding hydrogens is 354 g/mol. The van der Waals surface area contributed by atoms with E-state index in [0.717, 1.165) is 39.9 Å². The predicted octanol–water partition coefficient (Wildman–Crippen LogP) is 2.97. The van der Waals surface area contributed by atoms with E-state index in [1.807, 2.05) is 49.5 Å². The number of hydrogen-bond donors (Lipinski definition) is 3. The molecule has 0 bridgehead atoms. The van der Waals surface area contributed by atoms with E-state index < -0.39 is 0 Å². The van der Waals surface area contributed by atoms with Gasteiger partial charge in [0.1, 0.15) is 11.5 Å². The van der Waals surface area contributed by atoms with E-state index in [0.29, 0.717) is 6.54 Å². The normalized spacial score (nSPS) is 11.9. The van der Waals surface area contributed by atoms with Crippen LogP contribution in [0.4, 0.5) is 0 Å². The average molecular weight is 379 g/mol. The van der Waals surface area contributed by atoms with Crippen molar-refractivity contribution < 1.29 is 9.47 Å². The number of nitrogens with one attached hydrogen (secondary N) is 2. The zero-order chi connectivity index (χ0) is 19.9. The zero-order valence-corrected chi connectivity index (χ0v) is 16.3. The Labute approximate surface area is 164 Å². The Morgan fingerprint density at radius 2 is 1.89 bits per heavy atom. The van der Waals surface area contributed by atoms with Gasteiger partial charge in [-0.05, 0) is 48.7 Å². The van der Waals surface area contributed by atoms with E-state index in [1.54, 1.807) is 20.4 Å². The van der Waals surface area contributed by atoms with Crippen molar-refractivity contribution in [1.82, 2.24) is 10.4 Å². The Bertz CT molecular complexity index is 990. The number of aromatic nitrogens is 1. The summed E-state index contributed by atoms with van der Waals surface area (Å²) < 4.78 is 10.5. The van der Waals surface area contributed by atoms with Crippen LogP contribution in [-0.4, -0.2) is 37.9 Å². The molecule has 0 fully saturated rings. The largest absolute Gasteiger partial charge is 0.497 e. The lowest BCUT2D eigenvalue weighted by Crippen LogP contribution is -2.27. The molecule has 3 aromatic rings. The van der Waals surface area contributed by atoms with Gasteiger partial charge >= 0.3 is 0 Å². The minimum Gasteiger partial charge on any atom is -0.497 e. The molecular formula is C21H25N5O2. The number of nitrogens with two attached hydrogens (primary N) is 1. The highest BCUT2D eigenvalue weighted by Gasteiger charge is 2.06. The predicted molar refractivity (Wildman–Crippen MR) is 114 cm³/mol. The molecule has 28 heavy (non-hydrogen) atoms. The maximum atomic E-state index is 5.88. The number of ether oxygens (including phenoxy) is 2. The Hall–Kier alpha value is -3.48. The molecule has 0 atom stereocenters. The molecule has 0 unspecified atom stereocenters. The Balaban J connectivity index is 1.58. The molecule has 7 nitrogen and oxygen atoms in total. The first-order chi connectivity index (χ1) is 13.6. The standard InChI is InChI=1S/C21H25N5O2/c1-14-10-18(28-3)11-19-16(12-24-20(14)19)13-25-26-21(22)23-9-8-15-4-6-17(27-2)7-5-15/h4-7,10-13,24H,8-9H2,1-3H3,(H3,22,23,26)/b25-13+. The molecule has 0 spiro atoms. The fraction of sp³-hybridized carbons (Fsp3) is 0.238. The second-order valence-electron chi connectivity index (χ2n) is 6.35. The van der Waals surface area contributed by atoms with E-state index in [2.05, 4.69) is 20.5 Å². The summed E-state index contributed by atoms with van der Waals surface area (Å²) in [6, 6.07) is 11.9. The van der Waals surface area contributed by atoms with E-state index in [9.17, 15) is 0 Å². The van der Waals surface area contributed by atoms with Crippen LogP contribution in [-0.2, 0) is 6.42 Å². The smallest absolute Gasteiger partial charge is 0.209 e. The van der Waals surface area contributed by atoms with E-state index in [1.165, 1.54) is 5.56 Å². The summed E-state index contributed by atoms with van der Waals surface area (Å²) >= 11 is 0. The lowest BCUT2D eigenvalue weighted by molar-refractivity contribution is 0.414. The fourth-order valence-corrected chi connectivity index (χ4v) is 2.93. The SMILES string of the molecule is COc1ccc(CCN=C(N)N/N=C/c2c[nH]c3c(C)cc(OC)cc23)cc1. The number of methoxy groups -OCH3 is 2. The molecule has 1 aromatic heterocycles. The van der Waals surface area contributed by atoms with Crippen LogP contribution in [0.2, 0.25) is 0 Å². The summed E-state index contributed by atoms with van der Waals surface area (Å²) in [5, 5.41) is 5.23. The minimum absolute atomic E-state index is 0.276. The van der Waals surface area contributed by atoms with Crippen LogP contribution in [0.1, 0.15) is 16.7 Å². The number of hydrazone groups is 1. The third-order valence-corrected chi connectivity index (χ3v) is 4.45. The van der Waals surface area contributed by atoms with Gasteiger partial charge in [-0.2, -0.15) is 5.10 Å². The summed E-state index contributed by atoms with van der Waals surface area (Å²) in [5.74, 6) is 1.93. The van der Waals surface area contributed by atoms with E-state index >= 15 is 0 Å². The Morgan fingerprint density at radius 3 is 2.61 bits per heavy atom. The number of fused-ring (bicyclic) bond motifs is 1. The summed E-state index contributed by atoms with van der Waals surface area (Å²) in [7, 11) is 3.31. The molecule has 0 radical (unpaired) electrons. The van der Waals surface area contributed by atoms with Gasteiger partial charge in [0.05, 0.1) is 20.4 Å². The number of nitrogens with zero attached hydrogens (tertiary/aromatic N) is 2. The second kappa shape index (κ2) is 8.94. The van der Waals surface area contributed by atoms with Gasteiger partial charge in [-0.3, -0.25) is 4.99 Å². The van der Waals surface area contributed by atoms with Crippen molar-refractivity contribution in [3.05, 3.63) is 59.3 Å². The molecule has 0 amide bonds. The molecule has 2 aromatic carbocycles. The van der Waals surface area contributed by atoms with Crippen LogP contribution >= 0.6 is 0 Å². The van der Waals surface area contributed by atoms with Gasteiger partial charge < -0.3 is 20.2 Å². The van der Waals surface area contributed by atoms with E-state index in [4.69, 9.17) is 15.2 Å². The summed E-state index contributed by atoms with van der Waals surface area (Å²) in [6.07, 6.45) is 4.40. The molecule has 0 aliphatic heterocycles. The number of hydrogen-bond acceptors (Lipinski definition) is 4. The first-order valence-electron chi connectivity index (χ1n) is 8.98. The molecule has 0 aliphatic carbocycles. The van der Waals surface area contributed by atoms with Gasteiger partial charge in [0.15, 0.2) is 0 Å². The van der Waals surface area contributed by atoms with Crippen molar-refractivity contribution in [2.75, 3.05) is 20.8 Å². The lowest BCUT2D eigenvalue weighted by Gasteiger charge is -2.03. The van der Waals surface area contributed by atoms with Gasteiger partial charge in [-0.1, -0.05) is 12.1 Å². The minimum atomic E-state index is 0.276. The van der Waals surface area contributed by atoms with Crippen molar-refractivity contribution in [3.63, 3.8) is 0 Å². The van der Waals surface area contributed by atoms with Crippen LogP contribution in [0.5, 0.6) is 11.5 Å². The molecule has 4 N–H and O–H groups in total. The first-order valence-corrected chi connectivity index (χ1v) is 8.98. The molecule has 1 heterocycles. The maximum Gasteiger partial charge on any atom is 0.209 e. The maximum absolute atomic E-state index is 5.88. The molecule has 0 saturated carbocycles. The Morgan fingerprint density at radius 1 is 1.14 bits per heavy atom. The van der Waals surface area contributed by atoms with Gasteiger partial charge in [0.2, 0.25) is 5.96 Å². The highest BCUT2D eigenvalue weighted by atomic mass is 16.5. The fourth-order valence-electron chi connectivity index (χ4n) is 2.93. The summed E-state index contributed by atoms with van der Waals surface area (Å²) in [4.78, 5) is 7.56. The quantitative estimate of drug-likeness (QED) is 0.334. The highest BCUT2D eigenvalue weighted by Crippen LogP contribution is 2.26. The number of aryl methyl sites for hydroxylation is 1. The molecule has 7 heteroatoms. The highest BCUT2D eigenvalue weighted by molar-refractivity contribution is 6.01. The third-order valence-electron chi connectivity index (χ3n) is 4.45. The number of aliphatic imine (C=N–C) groups is 1. The lowest BCUT2D eigenvalue weighted by atomic mass is 10.1. The van der Waals surface area contributed by atoms with Crippen LogP contribution in [0, 0.1) is 6.92 Å². The van der Waals surface area contributed by atoms with Crippen molar-refractivity contribution in [3.8, 4) is 11.5 Å². The van der Waals surface area contributed by atoms with Gasteiger partial charge in [-0.15, -0.1) is 0 Å². The van der Waals surface area contributed by atoms with Crippen LogP contribution in [0.15, 0.2) is 52.7 Å². The topological polar surface area (TPSA) is 97.0 Å². The van der Waals surface area contributed by atoms with Crippen LogP contribution < -0.4 is 20.6 Å². The van der Waals surface area contributed by atoms with Gasteiger partial charge in [0.25, 0.3) is 0 Å². The van der Waals surface area contributed by atoms with Crippen molar-refractivity contribution >= 4 is 23.1 Å². The van der Waals surface area contributed by atoms with Crippen molar-refractivity contribution in [2.24, 2.45) is 15.8 Å². The van der Waals surface area contributed by atoms with Gasteiger partial charge in [0, 0.05) is 29.2 Å². The average Bonchev–Trinajstić information content (AvgIpc) is 3.12. The molecule has 3 rings (SSSR count). The Kier molecular flexibility index (Phi) is 6.16. The summed E-state index contributed by atoms with van der Waals surface area (Å²) in [5.41, 5.74) is 12.9. The van der Waals surface area contributed by atoms with Gasteiger partial charge in [-0.25, -0.2) is 5.43 Å². The molecule has 0 saturated heterocycles. The van der Waals surface area contributed by atoms with Crippen molar-refractivity contribution in [2.45, 2.75) is 13.3 Å². The zero-order valence-electron chi connectivity index (χ0n) is 16.3. The summed E-state index contributed by atoms with van der Waals surface area (Å²) in [6.45, 7) is 2.61. The number of rotatable bonds is 7. The number of guanidine groups is 1. The van der Waals surface area contributed by atoms with Crippen LogP contribution in [0.3, 0.4) is 0 Å². The number of H-pyrrole nitrogens is 1. The molecule has 0 aliphatic rings. The molecule has 146 valence electrons. The number of benzene rings is 2. The first kappa shape index (κ1) is 19.3. The third kappa shape index (κ3) is 4.62. The monoisotopic (exact) mass is 379 g/mol. The van der Waals surface area contributed by atoms with Crippen molar-refractivity contribution in [1.29, 1.82) is 0 Å².